The van der Waals surface area contributed by atoms with Gasteiger partial charge < -0.3 is 20.8 Å². The van der Waals surface area contributed by atoms with Gasteiger partial charge in [-0.2, -0.15) is 0 Å². The molecule has 1 aromatic carbocycles. The van der Waals surface area contributed by atoms with Gasteiger partial charge >= 0.3 is 0 Å². The Morgan fingerprint density at radius 2 is 2.00 bits per heavy atom. The number of carbonyl (C=O) groups is 2. The Labute approximate surface area is 110 Å². The van der Waals surface area contributed by atoms with Crippen molar-refractivity contribution < 1.29 is 19.8 Å². The molecule has 0 aromatic heterocycles. The van der Waals surface area contributed by atoms with Crippen LogP contribution in [-0.2, 0) is 4.79 Å². The average molecular weight is 264 g/mol. The molecule has 1 fully saturated rings. The number of aromatic hydroxyl groups is 2. The smallest absolute Gasteiger partial charge is 0.258 e. The summed E-state index contributed by atoms with van der Waals surface area (Å²) in [6, 6.07) is 3.06. The molecule has 4 N–H and O–H groups in total. The normalized spacial score (nSPS) is 19.2. The second kappa shape index (κ2) is 5.17. The Bertz CT molecular complexity index is 515. The molecule has 1 aromatic rings. The summed E-state index contributed by atoms with van der Waals surface area (Å²) >= 11 is 0. The molecule has 6 nitrogen and oxygen atoms in total. The molecule has 1 heterocycles. The van der Waals surface area contributed by atoms with Crippen molar-refractivity contribution in [2.75, 3.05) is 6.54 Å². The molecule has 2 amide bonds. The number of nitrogens with zero attached hydrogens (tertiary/aromatic N) is 1. The highest BCUT2D eigenvalue weighted by Gasteiger charge is 2.32. The van der Waals surface area contributed by atoms with Crippen LogP contribution in [0.4, 0.5) is 0 Å². The van der Waals surface area contributed by atoms with Gasteiger partial charge in [-0.1, -0.05) is 0 Å². The summed E-state index contributed by atoms with van der Waals surface area (Å²) < 4.78 is 0. The van der Waals surface area contributed by atoms with Crippen LogP contribution in [0.3, 0.4) is 0 Å². The molecule has 6 heteroatoms. The molecule has 1 atom stereocenters. The zero-order valence-electron chi connectivity index (χ0n) is 10.4. The van der Waals surface area contributed by atoms with E-state index in [0.717, 1.165) is 12.8 Å². The van der Waals surface area contributed by atoms with Gasteiger partial charge in [0, 0.05) is 6.54 Å². The lowest BCUT2D eigenvalue weighted by Gasteiger charge is -2.33. The fourth-order valence-electron chi connectivity index (χ4n) is 2.32. The summed E-state index contributed by atoms with van der Waals surface area (Å²) in [5, 5.41) is 19.1. The van der Waals surface area contributed by atoms with Crippen molar-refractivity contribution in [3.8, 4) is 11.5 Å². The topological polar surface area (TPSA) is 104 Å². The van der Waals surface area contributed by atoms with E-state index in [-0.39, 0.29) is 17.1 Å². The molecule has 0 spiro atoms. The fraction of sp³-hybridized carbons (Fsp3) is 0.385. The Morgan fingerprint density at radius 3 is 2.68 bits per heavy atom. The van der Waals surface area contributed by atoms with E-state index in [9.17, 15) is 19.8 Å². The van der Waals surface area contributed by atoms with E-state index < -0.39 is 17.9 Å². The molecule has 19 heavy (non-hydrogen) atoms. The van der Waals surface area contributed by atoms with E-state index >= 15 is 0 Å². The highest BCUT2D eigenvalue weighted by Crippen LogP contribution is 2.26. The predicted octanol–water partition coefficient (Wildman–Crippen LogP) is 0.578. The van der Waals surface area contributed by atoms with Crippen LogP contribution in [0.25, 0.3) is 0 Å². The molecule has 102 valence electrons. The number of piperidine rings is 1. The summed E-state index contributed by atoms with van der Waals surface area (Å²) in [7, 11) is 0. The van der Waals surface area contributed by atoms with Gasteiger partial charge in [0.2, 0.25) is 5.91 Å². The third-order valence-electron chi connectivity index (χ3n) is 3.30. The molecule has 1 saturated heterocycles. The molecular formula is C13H16N2O4. The highest BCUT2D eigenvalue weighted by molar-refractivity contribution is 5.99. The van der Waals surface area contributed by atoms with Crippen LogP contribution in [0, 0.1) is 0 Å². The zero-order valence-corrected chi connectivity index (χ0v) is 10.4. The van der Waals surface area contributed by atoms with Gasteiger partial charge in [0.15, 0.2) is 0 Å². The SMILES string of the molecule is NC(=O)C1CCCCN1C(=O)c1cc(O)ccc1O. The van der Waals surface area contributed by atoms with Gasteiger partial charge in [-0.05, 0) is 37.5 Å². The van der Waals surface area contributed by atoms with Crippen molar-refractivity contribution in [2.24, 2.45) is 5.73 Å². The number of rotatable bonds is 2. The number of amides is 2. The molecular weight excluding hydrogens is 248 g/mol. The first kappa shape index (κ1) is 13.2. The minimum atomic E-state index is -0.650. The van der Waals surface area contributed by atoms with Crippen molar-refractivity contribution in [1.29, 1.82) is 0 Å². The van der Waals surface area contributed by atoms with Gasteiger partial charge in [0.25, 0.3) is 5.91 Å². The number of hydrogen-bond acceptors (Lipinski definition) is 4. The molecule has 1 aliphatic heterocycles. The summed E-state index contributed by atoms with van der Waals surface area (Å²) in [6.07, 6.45) is 2.15. The molecule has 2 rings (SSSR count). The van der Waals surface area contributed by atoms with E-state index in [2.05, 4.69) is 0 Å². The minimum absolute atomic E-state index is 0.0202. The summed E-state index contributed by atoms with van der Waals surface area (Å²) in [5.74, 6) is -1.38. The number of likely N-dealkylation sites (tertiary alicyclic amines) is 1. The molecule has 0 radical (unpaired) electrons. The van der Waals surface area contributed by atoms with Crippen molar-refractivity contribution in [1.82, 2.24) is 4.90 Å². The van der Waals surface area contributed by atoms with Crippen molar-refractivity contribution >= 4 is 11.8 Å². The second-order valence-corrected chi connectivity index (χ2v) is 4.61. The Kier molecular flexibility index (Phi) is 3.59. The monoisotopic (exact) mass is 264 g/mol. The quantitative estimate of drug-likeness (QED) is 0.679. The number of primary amides is 1. The van der Waals surface area contributed by atoms with Crippen LogP contribution >= 0.6 is 0 Å². The van der Waals surface area contributed by atoms with Gasteiger partial charge in [-0.3, -0.25) is 9.59 Å². The van der Waals surface area contributed by atoms with E-state index in [1.165, 1.54) is 23.1 Å². The first-order valence-electron chi connectivity index (χ1n) is 6.13. The maximum Gasteiger partial charge on any atom is 0.258 e. The molecule has 1 aliphatic rings. The lowest BCUT2D eigenvalue weighted by Crippen LogP contribution is -2.50. The lowest BCUT2D eigenvalue weighted by atomic mass is 10.00. The minimum Gasteiger partial charge on any atom is -0.508 e. The van der Waals surface area contributed by atoms with Gasteiger partial charge in [-0.25, -0.2) is 0 Å². The largest absolute Gasteiger partial charge is 0.508 e. The maximum absolute atomic E-state index is 12.3. The summed E-state index contributed by atoms with van der Waals surface area (Å²) in [4.78, 5) is 25.1. The van der Waals surface area contributed by atoms with Crippen LogP contribution < -0.4 is 5.73 Å². The summed E-state index contributed by atoms with van der Waals surface area (Å²) in [5.41, 5.74) is 5.28. The Morgan fingerprint density at radius 1 is 1.26 bits per heavy atom. The zero-order chi connectivity index (χ0) is 14.0. The van der Waals surface area contributed by atoms with Crippen LogP contribution in [0.5, 0.6) is 11.5 Å². The van der Waals surface area contributed by atoms with Crippen LogP contribution in [-0.4, -0.2) is 39.5 Å². The Hall–Kier alpha value is -2.24. The maximum atomic E-state index is 12.3. The fourth-order valence-corrected chi connectivity index (χ4v) is 2.32. The standard InChI is InChI=1S/C13H16N2O4/c14-12(18)10-3-1-2-6-15(10)13(19)9-7-8(16)4-5-11(9)17/h4-5,7,10,16-17H,1-3,6H2,(H2,14,18). The number of phenolic OH excluding ortho intramolecular Hbond substituents is 2. The molecule has 0 bridgehead atoms. The van der Waals surface area contributed by atoms with Crippen molar-refractivity contribution in [3.63, 3.8) is 0 Å². The highest BCUT2D eigenvalue weighted by atomic mass is 16.3. The van der Waals surface area contributed by atoms with Gasteiger partial charge in [-0.15, -0.1) is 0 Å². The van der Waals surface area contributed by atoms with Crippen LogP contribution in [0.1, 0.15) is 29.6 Å². The van der Waals surface area contributed by atoms with Crippen LogP contribution in [0.15, 0.2) is 18.2 Å². The van der Waals surface area contributed by atoms with Gasteiger partial charge in [0.1, 0.15) is 17.5 Å². The third-order valence-corrected chi connectivity index (χ3v) is 3.30. The number of carbonyl (C=O) groups excluding carboxylic acids is 2. The molecule has 0 saturated carbocycles. The number of benzene rings is 1. The molecule has 0 aliphatic carbocycles. The van der Waals surface area contributed by atoms with Crippen molar-refractivity contribution in [2.45, 2.75) is 25.3 Å². The van der Waals surface area contributed by atoms with Gasteiger partial charge in [0.05, 0.1) is 5.56 Å². The number of hydrogen-bond donors (Lipinski definition) is 3. The van der Waals surface area contributed by atoms with E-state index in [4.69, 9.17) is 5.73 Å². The first-order valence-corrected chi connectivity index (χ1v) is 6.13. The summed E-state index contributed by atoms with van der Waals surface area (Å²) in [6.45, 7) is 0.418. The number of nitrogens with two attached hydrogens (primary N) is 1. The van der Waals surface area contributed by atoms with Crippen LogP contribution in [0.2, 0.25) is 0 Å². The predicted molar refractivity (Wildman–Crippen MR) is 67.6 cm³/mol. The van der Waals surface area contributed by atoms with Crippen molar-refractivity contribution in [3.05, 3.63) is 23.8 Å². The first-order chi connectivity index (χ1) is 9.00. The Balaban J connectivity index is 2.31. The second-order valence-electron chi connectivity index (χ2n) is 4.61. The third kappa shape index (κ3) is 2.62. The van der Waals surface area contributed by atoms with E-state index in [1.807, 2.05) is 0 Å². The van der Waals surface area contributed by atoms with E-state index in [0.29, 0.717) is 13.0 Å². The molecule has 1 unspecified atom stereocenters. The van der Waals surface area contributed by atoms with E-state index in [1.54, 1.807) is 0 Å². The lowest BCUT2D eigenvalue weighted by molar-refractivity contribution is -0.123. The average Bonchev–Trinajstić information content (AvgIpc) is 2.40. The number of phenols is 2.